The number of aliphatic carboxylic acids is 1. The van der Waals surface area contributed by atoms with Crippen molar-refractivity contribution in [3.63, 3.8) is 0 Å². The Labute approximate surface area is 123 Å². The summed E-state index contributed by atoms with van der Waals surface area (Å²) in [5, 5.41) is 15.9. The van der Waals surface area contributed by atoms with E-state index < -0.39 is 18.0 Å². The molecule has 0 atom stereocenters. The van der Waals surface area contributed by atoms with Crippen molar-refractivity contribution >= 4 is 18.0 Å². The number of carbonyl (C=O) groups excluding carboxylic acids is 2. The Hall–Kier alpha value is -2.35. The summed E-state index contributed by atoms with van der Waals surface area (Å²) < 4.78 is 8.81. The number of carboxylic acids is 1. The average molecular weight is 305 g/mol. The molecule has 0 saturated carbocycles. The Morgan fingerprint density at radius 1 is 1.14 bits per heavy atom. The molecule has 0 aliphatic carbocycles. The molecule has 8 heteroatoms. The lowest BCUT2D eigenvalue weighted by atomic mass is 10.3. The second-order valence-electron chi connectivity index (χ2n) is 3.10. The summed E-state index contributed by atoms with van der Waals surface area (Å²) in [7, 11) is 0. The third-order valence-electron chi connectivity index (χ3n) is 1.42. The van der Waals surface area contributed by atoms with Gasteiger partial charge >= 0.3 is 18.0 Å². The number of aliphatic hydroxyl groups excluding tert-OH is 1. The maximum absolute atomic E-state index is 10.4. The number of primary amides is 1. The lowest BCUT2D eigenvalue weighted by molar-refractivity contribution is -0.138. The number of nitrogens with two attached hydrogens (primary N) is 1. The minimum absolute atomic E-state index is 0.144. The van der Waals surface area contributed by atoms with Gasteiger partial charge in [0, 0.05) is 18.8 Å². The molecule has 0 heterocycles. The van der Waals surface area contributed by atoms with E-state index in [4.69, 9.17) is 10.2 Å². The summed E-state index contributed by atoms with van der Waals surface area (Å²) in [6.07, 6.45) is 2.62. The highest BCUT2D eigenvalue weighted by atomic mass is 16.5. The molecule has 21 heavy (non-hydrogen) atoms. The molecule has 1 amide bonds. The van der Waals surface area contributed by atoms with Gasteiger partial charge in [-0.15, -0.1) is 0 Å². The highest BCUT2D eigenvalue weighted by Crippen LogP contribution is 1.88. The molecular formula is C13H23NO7. The molecule has 0 spiro atoms. The Morgan fingerprint density at radius 2 is 1.67 bits per heavy atom. The number of rotatable bonds is 7. The molecule has 0 fully saturated rings. The molecule has 122 valence electrons. The molecule has 0 bridgehead atoms. The third kappa shape index (κ3) is 38.1. The maximum atomic E-state index is 10.4. The molecule has 4 N–H and O–H groups in total. The number of carboxylic acid groups (broad SMARTS) is 1. The number of ether oxygens (including phenoxy) is 2. The van der Waals surface area contributed by atoms with Crippen LogP contribution in [-0.4, -0.2) is 48.1 Å². The standard InChI is InChI=1S/C7H12O3.C3H7NO2.C3H4O2/c1-2-7(9)10-6-4-3-5-8;1-2-6-3(4)5;1-2-3(4)5/h2,8H,1,3-6H2;2H2,1H3,(H2,4,5);2H,1H2,(H,4,5). The molecule has 0 aliphatic heterocycles. The van der Waals surface area contributed by atoms with Crippen LogP contribution in [0.15, 0.2) is 25.3 Å². The van der Waals surface area contributed by atoms with Crippen LogP contribution < -0.4 is 5.73 Å². The van der Waals surface area contributed by atoms with Crippen LogP contribution in [0.2, 0.25) is 0 Å². The van der Waals surface area contributed by atoms with E-state index in [1.807, 2.05) is 0 Å². The highest BCUT2D eigenvalue weighted by Gasteiger charge is 1.92. The Balaban J connectivity index is -0.000000252. The predicted octanol–water partition coefficient (Wildman–Crippen LogP) is 0.847. The van der Waals surface area contributed by atoms with Gasteiger partial charge in [0.15, 0.2) is 0 Å². The van der Waals surface area contributed by atoms with Crippen LogP contribution in [0.25, 0.3) is 0 Å². The van der Waals surface area contributed by atoms with Crippen LogP contribution in [0.3, 0.4) is 0 Å². The van der Waals surface area contributed by atoms with E-state index in [0.29, 0.717) is 26.1 Å². The van der Waals surface area contributed by atoms with E-state index in [-0.39, 0.29) is 6.61 Å². The molecule has 0 aromatic heterocycles. The molecule has 0 unspecified atom stereocenters. The number of hydrogen-bond acceptors (Lipinski definition) is 6. The largest absolute Gasteiger partial charge is 0.478 e. The van der Waals surface area contributed by atoms with E-state index in [2.05, 4.69) is 28.4 Å². The number of amides is 1. The van der Waals surface area contributed by atoms with Gasteiger partial charge in [-0.2, -0.15) is 0 Å². The first-order valence-corrected chi connectivity index (χ1v) is 6.03. The van der Waals surface area contributed by atoms with Gasteiger partial charge in [0.2, 0.25) is 0 Å². The Morgan fingerprint density at radius 3 is 1.90 bits per heavy atom. The summed E-state index contributed by atoms with van der Waals surface area (Å²) in [5.41, 5.74) is 4.54. The lowest BCUT2D eigenvalue weighted by Gasteiger charge is -1.98. The fraction of sp³-hybridized carbons (Fsp3) is 0.462. The van der Waals surface area contributed by atoms with Gasteiger partial charge in [-0.25, -0.2) is 14.4 Å². The summed E-state index contributed by atoms with van der Waals surface area (Å²) in [6.45, 7) is 8.76. The number of hydrogen-bond donors (Lipinski definition) is 3. The summed E-state index contributed by atoms with van der Waals surface area (Å²) in [5.74, 6) is -1.39. The average Bonchev–Trinajstić information content (AvgIpc) is 2.44. The first kappa shape index (κ1) is 23.7. The van der Waals surface area contributed by atoms with Gasteiger partial charge in [-0.3, -0.25) is 0 Å². The maximum Gasteiger partial charge on any atom is 0.404 e. The molecular weight excluding hydrogens is 282 g/mol. The zero-order valence-corrected chi connectivity index (χ0v) is 12.1. The van der Waals surface area contributed by atoms with Crippen LogP contribution in [0, 0.1) is 0 Å². The number of unbranched alkanes of at least 4 members (excludes halogenated alkanes) is 1. The first-order chi connectivity index (χ1) is 9.85. The topological polar surface area (TPSA) is 136 Å². The fourth-order valence-corrected chi connectivity index (χ4v) is 0.588. The lowest BCUT2D eigenvalue weighted by Crippen LogP contribution is -2.11. The Kier molecular flexibility index (Phi) is 22.6. The fourth-order valence-electron chi connectivity index (χ4n) is 0.588. The molecule has 0 radical (unpaired) electrons. The van der Waals surface area contributed by atoms with Crippen molar-refractivity contribution in [2.24, 2.45) is 5.73 Å². The summed E-state index contributed by atoms with van der Waals surface area (Å²) in [6, 6.07) is 0. The zero-order chi connectivity index (χ0) is 17.1. The van der Waals surface area contributed by atoms with Crippen LogP contribution in [0.5, 0.6) is 0 Å². The Bertz CT molecular complexity index is 316. The molecule has 0 rings (SSSR count). The SMILES string of the molecule is C=CC(=O)O.C=CC(=O)OCCCCO.CCOC(N)=O. The summed E-state index contributed by atoms with van der Waals surface area (Å²) >= 11 is 0. The molecule has 0 aromatic carbocycles. The first-order valence-electron chi connectivity index (χ1n) is 6.03. The van der Waals surface area contributed by atoms with Crippen molar-refractivity contribution in [1.29, 1.82) is 0 Å². The minimum Gasteiger partial charge on any atom is -0.478 e. The van der Waals surface area contributed by atoms with Crippen molar-refractivity contribution in [2.45, 2.75) is 19.8 Å². The van der Waals surface area contributed by atoms with Crippen LogP contribution in [0.4, 0.5) is 4.79 Å². The predicted molar refractivity (Wildman–Crippen MR) is 76.5 cm³/mol. The van der Waals surface area contributed by atoms with Gasteiger partial charge in [0.05, 0.1) is 13.2 Å². The van der Waals surface area contributed by atoms with Gasteiger partial charge in [0.25, 0.3) is 0 Å². The quantitative estimate of drug-likeness (QED) is 0.360. The minimum atomic E-state index is -0.981. The van der Waals surface area contributed by atoms with Crippen LogP contribution >= 0.6 is 0 Å². The summed E-state index contributed by atoms with van der Waals surface area (Å²) in [4.78, 5) is 29.2. The van der Waals surface area contributed by atoms with Gasteiger partial charge in [-0.05, 0) is 19.8 Å². The van der Waals surface area contributed by atoms with Crippen molar-refractivity contribution in [2.75, 3.05) is 19.8 Å². The van der Waals surface area contributed by atoms with Crippen LogP contribution in [-0.2, 0) is 19.1 Å². The zero-order valence-electron chi connectivity index (χ0n) is 12.1. The van der Waals surface area contributed by atoms with Gasteiger partial charge in [0.1, 0.15) is 0 Å². The second kappa shape index (κ2) is 20.0. The van der Waals surface area contributed by atoms with Crippen molar-refractivity contribution < 1.29 is 34.1 Å². The van der Waals surface area contributed by atoms with E-state index in [1.54, 1.807) is 6.92 Å². The number of esters is 1. The van der Waals surface area contributed by atoms with E-state index in [0.717, 1.165) is 12.2 Å². The van der Waals surface area contributed by atoms with Gasteiger partial charge < -0.3 is 25.4 Å². The highest BCUT2D eigenvalue weighted by molar-refractivity contribution is 5.81. The molecule has 8 nitrogen and oxygen atoms in total. The second-order valence-corrected chi connectivity index (χ2v) is 3.10. The normalized spacial score (nSPS) is 7.90. The number of carbonyl (C=O) groups is 3. The monoisotopic (exact) mass is 305 g/mol. The number of aliphatic hydroxyl groups is 1. The van der Waals surface area contributed by atoms with Crippen LogP contribution in [0.1, 0.15) is 19.8 Å². The van der Waals surface area contributed by atoms with Crippen molar-refractivity contribution in [3.8, 4) is 0 Å². The van der Waals surface area contributed by atoms with E-state index >= 15 is 0 Å². The van der Waals surface area contributed by atoms with E-state index in [9.17, 15) is 14.4 Å². The van der Waals surface area contributed by atoms with E-state index in [1.165, 1.54) is 0 Å². The molecule has 0 saturated heterocycles. The molecule has 0 aliphatic rings. The molecule has 0 aromatic rings. The van der Waals surface area contributed by atoms with Crippen molar-refractivity contribution in [3.05, 3.63) is 25.3 Å². The third-order valence-corrected chi connectivity index (χ3v) is 1.42. The van der Waals surface area contributed by atoms with Gasteiger partial charge in [-0.1, -0.05) is 13.2 Å². The smallest absolute Gasteiger partial charge is 0.404 e. The van der Waals surface area contributed by atoms with Crippen molar-refractivity contribution in [1.82, 2.24) is 0 Å².